The largest absolute Gasteiger partial charge is 0.508 e. The number of fused-ring (bicyclic) bond motifs is 2. The maximum Gasteiger partial charge on any atom is 0.149 e. The van der Waals surface area contributed by atoms with Gasteiger partial charge in [-0.2, -0.15) is 0 Å². The van der Waals surface area contributed by atoms with E-state index in [1.165, 1.54) is 30.7 Å². The van der Waals surface area contributed by atoms with Gasteiger partial charge in [0.15, 0.2) is 0 Å². The van der Waals surface area contributed by atoms with Gasteiger partial charge in [0, 0.05) is 24.6 Å². The lowest BCUT2D eigenvalue weighted by molar-refractivity contribution is 0.475. The van der Waals surface area contributed by atoms with Crippen molar-refractivity contribution in [1.82, 2.24) is 10.2 Å². The summed E-state index contributed by atoms with van der Waals surface area (Å²) in [7, 11) is 0. The molecule has 24 heavy (non-hydrogen) atoms. The van der Waals surface area contributed by atoms with Crippen LogP contribution in [0.5, 0.6) is 5.75 Å². The molecule has 2 atom stereocenters. The van der Waals surface area contributed by atoms with Gasteiger partial charge >= 0.3 is 0 Å². The Bertz CT molecular complexity index is 784. The van der Waals surface area contributed by atoms with Crippen LogP contribution in [0, 0.1) is 17.8 Å². The summed E-state index contributed by atoms with van der Waals surface area (Å²) in [5.74, 6) is 3.31. The van der Waals surface area contributed by atoms with Crippen molar-refractivity contribution in [3.63, 3.8) is 0 Å². The van der Waals surface area contributed by atoms with Crippen LogP contribution in [0.1, 0.15) is 24.8 Å². The zero-order chi connectivity index (χ0) is 16.1. The fourth-order valence-electron chi connectivity index (χ4n) is 3.45. The number of aliphatic imine (C=N–C) groups is 1. The van der Waals surface area contributed by atoms with Crippen molar-refractivity contribution in [3.8, 4) is 5.75 Å². The Morgan fingerprint density at radius 2 is 1.83 bits per heavy atom. The number of benzene rings is 1. The third kappa shape index (κ3) is 2.52. The van der Waals surface area contributed by atoms with Crippen molar-refractivity contribution >= 4 is 11.5 Å². The smallest absolute Gasteiger partial charge is 0.149 e. The molecule has 0 aromatic heterocycles. The maximum absolute atomic E-state index is 9.59. The van der Waals surface area contributed by atoms with Gasteiger partial charge in [0.2, 0.25) is 0 Å². The lowest BCUT2D eigenvalue weighted by Gasteiger charge is -2.30. The van der Waals surface area contributed by atoms with Crippen LogP contribution in [0.2, 0.25) is 0 Å². The molecule has 4 nitrogen and oxygen atoms in total. The second-order valence-corrected chi connectivity index (χ2v) is 7.18. The van der Waals surface area contributed by atoms with E-state index in [0.717, 1.165) is 23.9 Å². The van der Waals surface area contributed by atoms with Gasteiger partial charge in [0.05, 0.1) is 5.70 Å². The number of phenols is 1. The number of phenolic OH excluding ortho intramolecular Hbond substituents is 1. The summed E-state index contributed by atoms with van der Waals surface area (Å²) in [6, 6.07) is 7.47. The molecule has 2 aliphatic carbocycles. The number of nitrogens with one attached hydrogen (secondary N) is 1. The topological polar surface area (TPSA) is 47.9 Å². The monoisotopic (exact) mass is 319 g/mol. The molecule has 5 rings (SSSR count). The van der Waals surface area contributed by atoms with Gasteiger partial charge in [0.25, 0.3) is 0 Å². The van der Waals surface area contributed by atoms with Gasteiger partial charge in [-0.3, -0.25) is 4.99 Å². The highest BCUT2D eigenvalue weighted by molar-refractivity contribution is 6.01. The molecule has 2 saturated carbocycles. The van der Waals surface area contributed by atoms with E-state index in [1.54, 1.807) is 12.1 Å². The van der Waals surface area contributed by atoms with Crippen molar-refractivity contribution < 1.29 is 5.11 Å². The third-order valence-electron chi connectivity index (χ3n) is 5.21. The first-order chi connectivity index (χ1) is 11.8. The van der Waals surface area contributed by atoms with E-state index in [-0.39, 0.29) is 0 Å². The average Bonchev–Trinajstić information content (AvgIpc) is 3.48. The number of hydrogen-bond acceptors (Lipinski definition) is 3. The minimum atomic E-state index is 0.301. The van der Waals surface area contributed by atoms with Crippen molar-refractivity contribution in [2.75, 3.05) is 6.54 Å². The van der Waals surface area contributed by atoms with Crippen LogP contribution in [-0.2, 0) is 0 Å². The number of hydrogen-bond donors (Lipinski definition) is 2. The predicted octanol–water partition coefficient (Wildman–Crippen LogP) is 3.45. The molecule has 0 bridgehead atoms. The fourth-order valence-corrected chi connectivity index (χ4v) is 3.45. The number of aromatic hydroxyl groups is 1. The Morgan fingerprint density at radius 1 is 1.08 bits per heavy atom. The molecule has 0 spiro atoms. The van der Waals surface area contributed by atoms with Crippen molar-refractivity contribution in [2.24, 2.45) is 22.7 Å². The van der Waals surface area contributed by atoms with Gasteiger partial charge in [0.1, 0.15) is 11.6 Å². The first-order valence-electron chi connectivity index (χ1n) is 8.78. The Kier molecular flexibility index (Phi) is 3.05. The van der Waals surface area contributed by atoms with Gasteiger partial charge < -0.3 is 15.3 Å². The number of rotatable bonds is 3. The molecule has 4 heteroatoms. The Morgan fingerprint density at radius 3 is 2.58 bits per heavy atom. The third-order valence-corrected chi connectivity index (χ3v) is 5.21. The quantitative estimate of drug-likeness (QED) is 0.897. The van der Waals surface area contributed by atoms with Crippen LogP contribution in [0.4, 0.5) is 0 Å². The second kappa shape index (κ2) is 5.26. The first kappa shape index (κ1) is 13.9. The highest BCUT2D eigenvalue weighted by Gasteiger charge is 2.39. The normalized spacial score (nSPS) is 29.2. The van der Waals surface area contributed by atoms with Crippen molar-refractivity contribution in [3.05, 3.63) is 60.1 Å². The Balaban J connectivity index is 1.53. The van der Waals surface area contributed by atoms with Gasteiger partial charge in [-0.1, -0.05) is 12.2 Å². The van der Waals surface area contributed by atoms with E-state index in [4.69, 9.17) is 4.99 Å². The fraction of sp³-hybridized carbons (Fsp3) is 0.350. The van der Waals surface area contributed by atoms with E-state index >= 15 is 0 Å². The summed E-state index contributed by atoms with van der Waals surface area (Å²) in [5.41, 5.74) is 3.48. The SMILES string of the molecule is Oc1ccc(C2=CC3CC3C=C3C(=NCC4CC4)NC=CN32)cc1. The molecule has 1 aromatic carbocycles. The van der Waals surface area contributed by atoms with Crippen LogP contribution in [0.25, 0.3) is 5.70 Å². The molecule has 122 valence electrons. The summed E-state index contributed by atoms with van der Waals surface area (Å²) < 4.78 is 0. The summed E-state index contributed by atoms with van der Waals surface area (Å²) >= 11 is 0. The van der Waals surface area contributed by atoms with Crippen LogP contribution in [-0.4, -0.2) is 22.4 Å². The molecule has 2 fully saturated rings. The van der Waals surface area contributed by atoms with E-state index in [0.29, 0.717) is 17.6 Å². The molecule has 2 N–H and O–H groups in total. The molecule has 2 unspecified atom stereocenters. The van der Waals surface area contributed by atoms with E-state index in [9.17, 15) is 5.11 Å². The highest BCUT2D eigenvalue weighted by Crippen LogP contribution is 2.47. The number of nitrogens with zero attached hydrogens (tertiary/aromatic N) is 2. The Hall–Kier alpha value is -2.49. The number of allylic oxidation sites excluding steroid dienone is 2. The Labute approximate surface area is 141 Å². The summed E-state index contributed by atoms with van der Waals surface area (Å²) in [4.78, 5) is 7.08. The van der Waals surface area contributed by atoms with Crippen LogP contribution < -0.4 is 5.32 Å². The van der Waals surface area contributed by atoms with Gasteiger partial charge in [-0.05, 0) is 66.8 Å². The van der Waals surface area contributed by atoms with Gasteiger partial charge in [-0.15, -0.1) is 0 Å². The minimum Gasteiger partial charge on any atom is -0.508 e. The molecule has 4 aliphatic rings. The predicted molar refractivity (Wildman–Crippen MR) is 94.9 cm³/mol. The van der Waals surface area contributed by atoms with Crippen LogP contribution >= 0.6 is 0 Å². The lowest BCUT2D eigenvalue weighted by atomic mass is 10.1. The second-order valence-electron chi connectivity index (χ2n) is 7.18. The zero-order valence-corrected chi connectivity index (χ0v) is 13.5. The molecule has 2 aliphatic heterocycles. The van der Waals surface area contributed by atoms with Gasteiger partial charge in [-0.25, -0.2) is 0 Å². The van der Waals surface area contributed by atoms with Crippen LogP contribution in [0.15, 0.2) is 59.5 Å². The molecule has 2 heterocycles. The lowest BCUT2D eigenvalue weighted by Crippen LogP contribution is -2.34. The standard InChI is InChI=1S/C20H21N3O/c24-17-5-3-14(4-6-17)18-10-15-9-16(15)11-19-20(21-7-8-23(18)19)22-12-13-1-2-13/h3-8,10-11,13,15-16,24H,1-2,9,12H2,(H,21,22). The summed E-state index contributed by atoms with van der Waals surface area (Å²) in [6.07, 6.45) is 12.6. The molecule has 0 amide bonds. The van der Waals surface area contributed by atoms with Crippen molar-refractivity contribution in [1.29, 1.82) is 0 Å². The van der Waals surface area contributed by atoms with E-state index < -0.39 is 0 Å². The molecule has 1 aromatic rings. The molecule has 0 saturated heterocycles. The van der Waals surface area contributed by atoms with Crippen molar-refractivity contribution in [2.45, 2.75) is 19.3 Å². The summed E-state index contributed by atoms with van der Waals surface area (Å²) in [5, 5.41) is 12.9. The first-order valence-corrected chi connectivity index (χ1v) is 8.78. The van der Waals surface area contributed by atoms with E-state index in [1.807, 2.05) is 18.3 Å². The molecule has 0 radical (unpaired) electrons. The highest BCUT2D eigenvalue weighted by atomic mass is 16.3. The number of amidine groups is 1. The zero-order valence-electron chi connectivity index (χ0n) is 13.5. The molecular formula is C20H21N3O. The van der Waals surface area contributed by atoms with E-state index in [2.05, 4.69) is 28.6 Å². The molecular weight excluding hydrogens is 298 g/mol. The average molecular weight is 319 g/mol. The summed E-state index contributed by atoms with van der Waals surface area (Å²) in [6.45, 7) is 0.924. The van der Waals surface area contributed by atoms with Crippen LogP contribution in [0.3, 0.4) is 0 Å². The minimum absolute atomic E-state index is 0.301. The maximum atomic E-state index is 9.59.